The first-order chi connectivity index (χ1) is 11.5. The summed E-state index contributed by atoms with van der Waals surface area (Å²) in [5, 5.41) is 13.8. The number of hydrogen-bond acceptors (Lipinski definition) is 4. The fourth-order valence-corrected chi connectivity index (χ4v) is 2.83. The number of rotatable bonds is 3. The summed E-state index contributed by atoms with van der Waals surface area (Å²) in [6, 6.07) is 0.921. The zero-order valence-electron chi connectivity index (χ0n) is 12.7. The van der Waals surface area contributed by atoms with Gasteiger partial charge in [-0.3, -0.25) is 4.79 Å². The minimum absolute atomic E-state index is 0.00473. The number of benzene rings is 1. The van der Waals surface area contributed by atoms with Gasteiger partial charge in [0.05, 0.1) is 22.7 Å². The Bertz CT molecular complexity index is 701. The molecule has 0 bridgehead atoms. The Kier molecular flexibility index (Phi) is 5.41. The van der Waals surface area contributed by atoms with E-state index in [4.69, 9.17) is 23.2 Å². The number of urea groups is 1. The Hall–Kier alpha value is -1.71. The Morgan fingerprint density at radius 2 is 2.00 bits per heavy atom. The van der Waals surface area contributed by atoms with E-state index in [9.17, 15) is 27.9 Å². The largest absolute Gasteiger partial charge is 0.466 e. The van der Waals surface area contributed by atoms with Crippen molar-refractivity contribution in [2.24, 2.45) is 5.92 Å². The number of nitrogens with one attached hydrogen (secondary N) is 2. The number of amides is 2. The molecule has 1 saturated heterocycles. The molecule has 0 unspecified atom stereocenters. The molecule has 138 valence electrons. The van der Waals surface area contributed by atoms with Crippen LogP contribution in [0.1, 0.15) is 18.5 Å². The topological polar surface area (TPSA) is 87.7 Å². The normalized spacial score (nSPS) is 26.6. The van der Waals surface area contributed by atoms with E-state index in [1.165, 1.54) is 30.4 Å². The van der Waals surface area contributed by atoms with Gasteiger partial charge in [0, 0.05) is 0 Å². The highest BCUT2D eigenvalue weighted by Gasteiger charge is 2.67. The molecule has 1 fully saturated rings. The second-order valence-corrected chi connectivity index (χ2v) is 6.06. The number of esters is 1. The van der Waals surface area contributed by atoms with Crippen LogP contribution in [0.25, 0.3) is 0 Å². The molecule has 0 aliphatic carbocycles. The Morgan fingerprint density at radius 1 is 1.36 bits per heavy atom. The number of alkyl halides is 3. The second-order valence-electron chi connectivity index (χ2n) is 5.24. The molecule has 25 heavy (non-hydrogen) atoms. The van der Waals surface area contributed by atoms with E-state index >= 15 is 0 Å². The molecule has 6 nitrogen and oxygen atoms in total. The van der Waals surface area contributed by atoms with Crippen molar-refractivity contribution >= 4 is 35.2 Å². The minimum atomic E-state index is -5.34. The number of carbonyl (C=O) groups is 2. The van der Waals surface area contributed by atoms with Gasteiger partial charge in [-0.25, -0.2) is 4.79 Å². The average molecular weight is 401 g/mol. The van der Waals surface area contributed by atoms with E-state index in [2.05, 4.69) is 10.1 Å². The summed E-state index contributed by atoms with van der Waals surface area (Å²) in [4.78, 5) is 23.9. The van der Waals surface area contributed by atoms with Gasteiger partial charge in [-0.05, 0) is 24.6 Å². The molecular formula is C14H13Cl2F3N2O4. The summed E-state index contributed by atoms with van der Waals surface area (Å²) >= 11 is 11.6. The lowest BCUT2D eigenvalue weighted by atomic mass is 9.82. The lowest BCUT2D eigenvalue weighted by Gasteiger charge is -2.44. The lowest BCUT2D eigenvalue weighted by Crippen LogP contribution is -2.73. The molecule has 3 atom stereocenters. The fraction of sp³-hybridized carbons (Fsp3) is 0.429. The molecule has 2 rings (SSSR count). The van der Waals surface area contributed by atoms with Gasteiger partial charge >= 0.3 is 18.2 Å². The van der Waals surface area contributed by atoms with Crippen LogP contribution in [-0.2, 0) is 9.53 Å². The number of carbonyl (C=O) groups excluding carboxylic acids is 2. The predicted molar refractivity (Wildman–Crippen MR) is 82.0 cm³/mol. The van der Waals surface area contributed by atoms with Crippen molar-refractivity contribution in [3.05, 3.63) is 33.8 Å². The summed E-state index contributed by atoms with van der Waals surface area (Å²) in [5.74, 6) is -3.55. The number of halogens is 5. The van der Waals surface area contributed by atoms with E-state index in [-0.39, 0.29) is 22.2 Å². The van der Waals surface area contributed by atoms with E-state index < -0.39 is 35.9 Å². The zero-order valence-corrected chi connectivity index (χ0v) is 14.2. The maximum absolute atomic E-state index is 13.4. The first-order valence-corrected chi connectivity index (χ1v) is 7.76. The number of hydrogen-bond donors (Lipinski definition) is 3. The summed E-state index contributed by atoms with van der Waals surface area (Å²) < 4.78 is 45.0. The average Bonchev–Trinajstić information content (AvgIpc) is 2.48. The first kappa shape index (κ1) is 19.6. The molecule has 0 radical (unpaired) electrons. The molecule has 2 amide bonds. The van der Waals surface area contributed by atoms with Crippen LogP contribution in [0.5, 0.6) is 0 Å². The Balaban J connectivity index is 2.59. The van der Waals surface area contributed by atoms with Crippen LogP contribution in [0.15, 0.2) is 18.2 Å². The van der Waals surface area contributed by atoms with Gasteiger partial charge in [-0.1, -0.05) is 29.3 Å². The summed E-state index contributed by atoms with van der Waals surface area (Å²) in [5.41, 5.74) is -3.77. The highest BCUT2D eigenvalue weighted by molar-refractivity contribution is 6.42. The number of aliphatic hydroxyl groups is 1. The van der Waals surface area contributed by atoms with Crippen molar-refractivity contribution in [2.45, 2.75) is 24.9 Å². The highest BCUT2D eigenvalue weighted by Crippen LogP contribution is 2.43. The Labute approximate surface area is 150 Å². The number of ether oxygens (including phenoxy) is 1. The molecule has 1 aliphatic rings. The van der Waals surface area contributed by atoms with Crippen LogP contribution in [0.2, 0.25) is 10.0 Å². The van der Waals surface area contributed by atoms with Gasteiger partial charge in [0.1, 0.15) is 5.92 Å². The standard InChI is InChI=1S/C14H13Cl2F3N2O4/c1-2-25-11(22)9-10(6-3-4-7(15)8(16)5-6)20-12(23)21-13(9,24)14(17,18)19/h3-5,9-10,24H,2H2,1H3,(H2,20,21,23)/t9-,10-,13-/m1/s1. The van der Waals surface area contributed by atoms with E-state index in [0.717, 1.165) is 0 Å². The second kappa shape index (κ2) is 6.89. The molecule has 1 heterocycles. The van der Waals surface area contributed by atoms with Crippen LogP contribution in [0, 0.1) is 5.92 Å². The molecular weight excluding hydrogens is 388 g/mol. The van der Waals surface area contributed by atoms with Gasteiger partial charge in [0.15, 0.2) is 0 Å². The molecule has 3 N–H and O–H groups in total. The maximum atomic E-state index is 13.4. The predicted octanol–water partition coefficient (Wildman–Crippen LogP) is 2.78. The van der Waals surface area contributed by atoms with Crippen molar-refractivity contribution in [3.63, 3.8) is 0 Å². The van der Waals surface area contributed by atoms with Gasteiger partial charge in [-0.2, -0.15) is 13.2 Å². The quantitative estimate of drug-likeness (QED) is 0.680. The van der Waals surface area contributed by atoms with Gasteiger partial charge in [-0.15, -0.1) is 0 Å². The smallest absolute Gasteiger partial charge is 0.437 e. The van der Waals surface area contributed by atoms with Crippen molar-refractivity contribution in [3.8, 4) is 0 Å². The third-order valence-corrected chi connectivity index (χ3v) is 4.39. The molecule has 0 aromatic heterocycles. The third kappa shape index (κ3) is 3.63. The van der Waals surface area contributed by atoms with Crippen LogP contribution in [-0.4, -0.2) is 35.6 Å². The highest BCUT2D eigenvalue weighted by atomic mass is 35.5. The molecule has 0 saturated carbocycles. The molecule has 11 heteroatoms. The fourth-order valence-electron chi connectivity index (χ4n) is 2.52. The molecule has 0 spiro atoms. The zero-order chi connectivity index (χ0) is 19.0. The third-order valence-electron chi connectivity index (χ3n) is 3.65. The van der Waals surface area contributed by atoms with E-state index in [1.807, 2.05) is 0 Å². The van der Waals surface area contributed by atoms with Crippen LogP contribution in [0.3, 0.4) is 0 Å². The summed E-state index contributed by atoms with van der Waals surface area (Å²) in [6.45, 7) is 1.18. The lowest BCUT2D eigenvalue weighted by molar-refractivity contribution is -0.294. The SMILES string of the molecule is CCOC(=O)[C@H]1[C@@H](c2ccc(Cl)c(Cl)c2)NC(=O)N[C@]1(O)C(F)(F)F. The summed E-state index contributed by atoms with van der Waals surface area (Å²) in [7, 11) is 0. The van der Waals surface area contributed by atoms with Crippen molar-refractivity contribution < 1.29 is 32.6 Å². The monoisotopic (exact) mass is 400 g/mol. The molecule has 1 aromatic carbocycles. The van der Waals surface area contributed by atoms with Crippen LogP contribution in [0.4, 0.5) is 18.0 Å². The van der Waals surface area contributed by atoms with Crippen molar-refractivity contribution in [1.82, 2.24) is 10.6 Å². The summed E-state index contributed by atoms with van der Waals surface area (Å²) in [6.07, 6.45) is -5.34. The van der Waals surface area contributed by atoms with Crippen LogP contribution >= 0.6 is 23.2 Å². The first-order valence-electron chi connectivity index (χ1n) is 7.00. The molecule has 1 aromatic rings. The van der Waals surface area contributed by atoms with Gasteiger partial charge in [0.2, 0.25) is 0 Å². The van der Waals surface area contributed by atoms with Gasteiger partial charge < -0.3 is 20.5 Å². The minimum Gasteiger partial charge on any atom is -0.466 e. The Morgan fingerprint density at radius 3 is 2.52 bits per heavy atom. The van der Waals surface area contributed by atoms with E-state index in [1.54, 1.807) is 0 Å². The van der Waals surface area contributed by atoms with Gasteiger partial charge in [0.25, 0.3) is 5.72 Å². The van der Waals surface area contributed by atoms with Crippen molar-refractivity contribution in [2.75, 3.05) is 6.61 Å². The van der Waals surface area contributed by atoms with Crippen LogP contribution < -0.4 is 10.6 Å². The molecule has 1 aliphatic heterocycles. The van der Waals surface area contributed by atoms with E-state index in [0.29, 0.717) is 0 Å². The van der Waals surface area contributed by atoms with Crippen molar-refractivity contribution in [1.29, 1.82) is 0 Å². The maximum Gasteiger partial charge on any atom is 0.437 e.